The maximum Gasteiger partial charge on any atom is 0.00442 e. The van der Waals surface area contributed by atoms with Gasteiger partial charge in [0, 0.05) is 6.42 Å². The normalized spacial score (nSPS) is 28.0. The zero-order valence-corrected chi connectivity index (χ0v) is 7.58. The van der Waals surface area contributed by atoms with Gasteiger partial charge in [0.2, 0.25) is 0 Å². The van der Waals surface area contributed by atoms with Gasteiger partial charge in [-0.05, 0) is 32.1 Å². The van der Waals surface area contributed by atoms with Crippen molar-refractivity contribution in [2.24, 2.45) is 0 Å². The Labute approximate surface area is 75.7 Å². The molecule has 0 nitrogen and oxygen atoms in total. The molecule has 12 heavy (non-hydrogen) atoms. The summed E-state index contributed by atoms with van der Waals surface area (Å²) in [5.74, 6) is 0. The quantitative estimate of drug-likeness (QED) is 0.474. The van der Waals surface area contributed by atoms with Crippen LogP contribution in [0.25, 0.3) is 0 Å². The summed E-state index contributed by atoms with van der Waals surface area (Å²) in [6, 6.07) is 0. The van der Waals surface area contributed by atoms with Crippen molar-refractivity contribution < 1.29 is 0 Å². The van der Waals surface area contributed by atoms with Gasteiger partial charge in [-0.1, -0.05) is 36.5 Å². The number of rotatable bonds is 0. The van der Waals surface area contributed by atoms with Gasteiger partial charge in [0.25, 0.3) is 0 Å². The average Bonchev–Trinajstić information content (AvgIpc) is 2.05. The minimum atomic E-state index is 1.07. The van der Waals surface area contributed by atoms with E-state index in [0.29, 0.717) is 0 Å². The predicted octanol–water partition coefficient (Wildman–Crippen LogP) is 3.82. The molecule has 0 heteroatoms. The van der Waals surface area contributed by atoms with E-state index in [1.165, 1.54) is 25.7 Å². The number of hydrogen-bond acceptors (Lipinski definition) is 0. The Morgan fingerprint density at radius 2 is 1.42 bits per heavy atom. The monoisotopic (exact) mass is 161 g/mol. The van der Waals surface area contributed by atoms with E-state index in [9.17, 15) is 0 Å². The van der Waals surface area contributed by atoms with Gasteiger partial charge in [0.1, 0.15) is 0 Å². The lowest BCUT2D eigenvalue weighted by molar-refractivity contribution is 0.761. The predicted molar refractivity (Wildman–Crippen MR) is 54.8 cm³/mol. The zero-order chi connectivity index (χ0) is 8.49. The van der Waals surface area contributed by atoms with Crippen molar-refractivity contribution in [3.05, 3.63) is 42.9 Å². The van der Waals surface area contributed by atoms with Crippen molar-refractivity contribution in [1.29, 1.82) is 0 Å². The van der Waals surface area contributed by atoms with E-state index in [2.05, 4.69) is 42.9 Å². The van der Waals surface area contributed by atoms with Crippen molar-refractivity contribution in [3.8, 4) is 0 Å². The third-order valence-corrected chi connectivity index (χ3v) is 1.92. The van der Waals surface area contributed by atoms with Gasteiger partial charge in [-0.15, -0.1) is 0 Å². The summed E-state index contributed by atoms with van der Waals surface area (Å²) in [4.78, 5) is 0. The lowest BCUT2D eigenvalue weighted by Gasteiger charge is -1.93. The van der Waals surface area contributed by atoms with Gasteiger partial charge in [0.05, 0.1) is 0 Å². The van der Waals surface area contributed by atoms with Gasteiger partial charge in [-0.2, -0.15) is 0 Å². The van der Waals surface area contributed by atoms with E-state index in [-0.39, 0.29) is 0 Å². The first kappa shape index (κ1) is 9.31. The molecule has 1 aliphatic rings. The summed E-state index contributed by atoms with van der Waals surface area (Å²) in [5, 5.41) is 0. The van der Waals surface area contributed by atoms with E-state index >= 15 is 0 Å². The van der Waals surface area contributed by atoms with Gasteiger partial charge < -0.3 is 0 Å². The molecule has 0 aliphatic heterocycles. The fraction of sp³-hybridized carbons (Fsp3) is 0.417. The molecule has 0 unspecified atom stereocenters. The van der Waals surface area contributed by atoms with Crippen LogP contribution in [0.2, 0.25) is 0 Å². The minimum absolute atomic E-state index is 1.07. The van der Waals surface area contributed by atoms with Crippen LogP contribution in [-0.2, 0) is 0 Å². The Hall–Kier alpha value is -0.780. The van der Waals surface area contributed by atoms with Crippen LogP contribution in [0.3, 0.4) is 0 Å². The lowest BCUT2D eigenvalue weighted by Crippen LogP contribution is -1.74. The number of hydrogen-bond donors (Lipinski definition) is 0. The highest BCUT2D eigenvalue weighted by Crippen LogP contribution is 2.04. The molecule has 1 radical (unpaired) electrons. The molecular formula is C12H17. The van der Waals surface area contributed by atoms with Crippen LogP contribution in [0.5, 0.6) is 0 Å². The molecule has 0 atom stereocenters. The van der Waals surface area contributed by atoms with Crippen molar-refractivity contribution in [1.82, 2.24) is 0 Å². The summed E-state index contributed by atoms with van der Waals surface area (Å²) < 4.78 is 0. The first-order chi connectivity index (χ1) is 6.00. The maximum absolute atomic E-state index is 2.29. The van der Waals surface area contributed by atoms with Crippen LogP contribution in [-0.4, -0.2) is 0 Å². The van der Waals surface area contributed by atoms with Gasteiger partial charge >= 0.3 is 0 Å². The Morgan fingerprint density at radius 1 is 0.667 bits per heavy atom. The highest BCUT2D eigenvalue weighted by molar-refractivity contribution is 5.09. The molecule has 0 saturated heterocycles. The third-order valence-electron chi connectivity index (χ3n) is 1.92. The number of allylic oxidation sites excluding steroid dienone is 6. The molecule has 0 fully saturated rings. The molecule has 0 spiro atoms. The Balaban J connectivity index is 2.31. The first-order valence-electron chi connectivity index (χ1n) is 4.80. The summed E-state index contributed by atoms with van der Waals surface area (Å²) >= 11 is 0. The van der Waals surface area contributed by atoms with Crippen LogP contribution in [0.1, 0.15) is 32.1 Å². The molecule has 0 aromatic rings. The molecule has 0 aromatic heterocycles. The van der Waals surface area contributed by atoms with Crippen LogP contribution in [0, 0.1) is 6.42 Å². The van der Waals surface area contributed by atoms with Gasteiger partial charge in [0.15, 0.2) is 0 Å². The van der Waals surface area contributed by atoms with Crippen molar-refractivity contribution in [2.45, 2.75) is 32.1 Å². The largest absolute Gasteiger partial charge is 0.0882 e. The van der Waals surface area contributed by atoms with E-state index < -0.39 is 0 Å². The molecule has 0 N–H and O–H groups in total. The van der Waals surface area contributed by atoms with Gasteiger partial charge in [-0.25, -0.2) is 0 Å². The molecule has 0 saturated carbocycles. The molecule has 0 amide bonds. The smallest absolute Gasteiger partial charge is 0.00442 e. The highest BCUT2D eigenvalue weighted by atomic mass is 13.9. The fourth-order valence-corrected chi connectivity index (χ4v) is 1.21. The average molecular weight is 161 g/mol. The summed E-state index contributed by atoms with van der Waals surface area (Å²) in [7, 11) is 0. The van der Waals surface area contributed by atoms with Crippen molar-refractivity contribution in [2.75, 3.05) is 0 Å². The molecule has 1 aliphatic carbocycles. The molecule has 0 aromatic carbocycles. The molecule has 0 heterocycles. The third kappa shape index (κ3) is 4.95. The molecular weight excluding hydrogens is 144 g/mol. The Morgan fingerprint density at radius 3 is 2.33 bits per heavy atom. The molecule has 1 rings (SSSR count). The van der Waals surface area contributed by atoms with Crippen LogP contribution in [0.4, 0.5) is 0 Å². The van der Waals surface area contributed by atoms with Gasteiger partial charge in [-0.3, -0.25) is 0 Å². The van der Waals surface area contributed by atoms with Crippen LogP contribution in [0.15, 0.2) is 36.5 Å². The Kier molecular flexibility index (Phi) is 5.35. The van der Waals surface area contributed by atoms with Crippen LogP contribution >= 0.6 is 0 Å². The summed E-state index contributed by atoms with van der Waals surface area (Å²) in [5.41, 5.74) is 0. The second-order valence-electron chi connectivity index (χ2n) is 3.04. The van der Waals surface area contributed by atoms with E-state index in [0.717, 1.165) is 6.42 Å². The van der Waals surface area contributed by atoms with Crippen molar-refractivity contribution >= 4 is 0 Å². The van der Waals surface area contributed by atoms with E-state index in [4.69, 9.17) is 0 Å². The van der Waals surface area contributed by atoms with Crippen molar-refractivity contribution in [3.63, 3.8) is 0 Å². The van der Waals surface area contributed by atoms with E-state index in [1.54, 1.807) is 0 Å². The second kappa shape index (κ2) is 6.90. The fourth-order valence-electron chi connectivity index (χ4n) is 1.21. The topological polar surface area (TPSA) is 0 Å². The molecule has 0 bridgehead atoms. The zero-order valence-electron chi connectivity index (χ0n) is 7.58. The van der Waals surface area contributed by atoms with Crippen LogP contribution < -0.4 is 0 Å². The SMILES string of the molecule is [CH]1/C=C\CCCC/C=C/C/C=C/1. The lowest BCUT2D eigenvalue weighted by atomic mass is 10.1. The van der Waals surface area contributed by atoms with E-state index in [1.807, 2.05) is 0 Å². The first-order valence-corrected chi connectivity index (χ1v) is 4.80. The minimum Gasteiger partial charge on any atom is -0.0882 e. The summed E-state index contributed by atoms with van der Waals surface area (Å²) in [6.07, 6.45) is 21.5. The standard InChI is InChI=1S/C12H17/c1-2-4-6-8-10-12-11-9-7-5-3-1/h1-5,8,10H,6-7,9,11-12H2/b4-2+,5-3-,10-8+. The maximum atomic E-state index is 2.29. The molecule has 65 valence electrons. The Bertz CT molecular complexity index is 152. The summed E-state index contributed by atoms with van der Waals surface area (Å²) in [6.45, 7) is 0. The second-order valence-corrected chi connectivity index (χ2v) is 3.04. The highest BCUT2D eigenvalue weighted by Gasteiger charge is 1.84.